The van der Waals surface area contributed by atoms with Crippen LogP contribution in [0, 0.1) is 5.92 Å². The van der Waals surface area contributed by atoms with E-state index in [1.54, 1.807) is 18.2 Å². The Labute approximate surface area is 176 Å². The van der Waals surface area contributed by atoms with Crippen molar-refractivity contribution >= 4 is 17.6 Å². The average molecular weight is 409 g/mol. The molecule has 2 heterocycles. The number of urea groups is 1. The third kappa shape index (κ3) is 5.51. The summed E-state index contributed by atoms with van der Waals surface area (Å²) in [7, 11) is 0. The number of amides is 3. The van der Waals surface area contributed by atoms with Crippen LogP contribution in [0.4, 0.5) is 10.5 Å². The quantitative estimate of drug-likeness (QED) is 0.764. The molecule has 1 fully saturated rings. The fourth-order valence-corrected chi connectivity index (χ4v) is 3.95. The van der Waals surface area contributed by atoms with Crippen molar-refractivity contribution in [2.75, 3.05) is 31.7 Å². The minimum Gasteiger partial charge on any atom is -0.454 e. The number of imide groups is 1. The lowest BCUT2D eigenvalue weighted by Crippen LogP contribution is -2.44. The number of aryl methyl sites for hydroxylation is 1. The molecule has 2 aromatic carbocycles. The zero-order valence-corrected chi connectivity index (χ0v) is 16.9. The van der Waals surface area contributed by atoms with Crippen LogP contribution < -0.4 is 20.1 Å². The van der Waals surface area contributed by atoms with Crippen LogP contribution in [0.1, 0.15) is 24.8 Å². The molecule has 0 aromatic heterocycles. The Morgan fingerprint density at radius 3 is 2.57 bits per heavy atom. The largest absolute Gasteiger partial charge is 0.454 e. The second-order valence-electron chi connectivity index (χ2n) is 7.81. The van der Waals surface area contributed by atoms with Crippen LogP contribution in [0.15, 0.2) is 48.5 Å². The predicted octanol–water partition coefficient (Wildman–Crippen LogP) is 3.41. The van der Waals surface area contributed by atoms with Crippen molar-refractivity contribution in [2.45, 2.75) is 25.7 Å². The van der Waals surface area contributed by atoms with Crippen LogP contribution >= 0.6 is 0 Å². The van der Waals surface area contributed by atoms with Gasteiger partial charge in [-0.15, -0.1) is 0 Å². The SMILES string of the molecule is O=C(CN1CCC(CCc2ccccc2)CC1)NC(=O)Nc1ccc2c(c1)OCO2. The van der Waals surface area contributed by atoms with Crippen LogP contribution in [0.3, 0.4) is 0 Å². The number of piperidine rings is 1. The van der Waals surface area contributed by atoms with E-state index in [0.29, 0.717) is 23.1 Å². The Kier molecular flexibility index (Phi) is 6.49. The fourth-order valence-electron chi connectivity index (χ4n) is 3.95. The molecule has 2 aliphatic heterocycles. The van der Waals surface area contributed by atoms with Gasteiger partial charge in [0.25, 0.3) is 0 Å². The van der Waals surface area contributed by atoms with Gasteiger partial charge < -0.3 is 14.8 Å². The van der Waals surface area contributed by atoms with Crippen molar-refractivity contribution in [3.8, 4) is 11.5 Å². The molecule has 0 aliphatic carbocycles. The van der Waals surface area contributed by atoms with Gasteiger partial charge in [-0.25, -0.2) is 4.79 Å². The lowest BCUT2D eigenvalue weighted by atomic mass is 9.90. The number of likely N-dealkylation sites (tertiary alicyclic amines) is 1. The third-order valence-corrected chi connectivity index (χ3v) is 5.64. The van der Waals surface area contributed by atoms with E-state index >= 15 is 0 Å². The van der Waals surface area contributed by atoms with Gasteiger partial charge in [0.2, 0.25) is 12.7 Å². The normalized spacial score (nSPS) is 16.3. The maximum atomic E-state index is 12.2. The molecular formula is C23H27N3O4. The summed E-state index contributed by atoms with van der Waals surface area (Å²) in [6, 6.07) is 15.1. The Balaban J connectivity index is 1.15. The number of hydrogen-bond acceptors (Lipinski definition) is 5. The molecule has 2 aromatic rings. The Morgan fingerprint density at radius 1 is 1.00 bits per heavy atom. The molecule has 7 heteroatoms. The van der Waals surface area contributed by atoms with Gasteiger partial charge in [0.15, 0.2) is 11.5 Å². The highest BCUT2D eigenvalue weighted by molar-refractivity contribution is 6.01. The van der Waals surface area contributed by atoms with Crippen LogP contribution in [-0.4, -0.2) is 43.3 Å². The predicted molar refractivity (Wildman–Crippen MR) is 114 cm³/mol. The zero-order chi connectivity index (χ0) is 20.8. The van der Waals surface area contributed by atoms with Crippen LogP contribution in [0.25, 0.3) is 0 Å². The van der Waals surface area contributed by atoms with Crippen molar-refractivity contribution in [1.82, 2.24) is 10.2 Å². The average Bonchev–Trinajstić information content (AvgIpc) is 3.22. The monoisotopic (exact) mass is 409 g/mol. The molecule has 30 heavy (non-hydrogen) atoms. The maximum Gasteiger partial charge on any atom is 0.325 e. The van der Waals surface area contributed by atoms with E-state index in [1.807, 2.05) is 6.07 Å². The number of carbonyl (C=O) groups is 2. The first-order chi connectivity index (χ1) is 14.7. The Morgan fingerprint density at radius 2 is 1.77 bits per heavy atom. The number of hydrogen-bond donors (Lipinski definition) is 2. The summed E-state index contributed by atoms with van der Waals surface area (Å²) < 4.78 is 10.5. The maximum absolute atomic E-state index is 12.2. The van der Waals surface area contributed by atoms with Gasteiger partial charge in [-0.3, -0.25) is 15.0 Å². The summed E-state index contributed by atoms with van der Waals surface area (Å²) in [5.41, 5.74) is 1.93. The summed E-state index contributed by atoms with van der Waals surface area (Å²) in [6.07, 6.45) is 4.46. The minimum absolute atomic E-state index is 0.173. The summed E-state index contributed by atoms with van der Waals surface area (Å²) in [5.74, 6) is 1.62. The molecule has 0 spiro atoms. The summed E-state index contributed by atoms with van der Waals surface area (Å²) >= 11 is 0. The van der Waals surface area contributed by atoms with Crippen molar-refractivity contribution in [3.63, 3.8) is 0 Å². The Hall–Kier alpha value is -3.06. The van der Waals surface area contributed by atoms with Crippen molar-refractivity contribution in [3.05, 3.63) is 54.1 Å². The van der Waals surface area contributed by atoms with Gasteiger partial charge in [0.05, 0.1) is 6.54 Å². The molecular weight excluding hydrogens is 382 g/mol. The van der Waals surface area contributed by atoms with Gasteiger partial charge in [0.1, 0.15) is 0 Å². The van der Waals surface area contributed by atoms with Gasteiger partial charge in [-0.05, 0) is 62.4 Å². The highest BCUT2D eigenvalue weighted by Crippen LogP contribution is 2.34. The molecule has 0 saturated carbocycles. The smallest absolute Gasteiger partial charge is 0.325 e. The van der Waals surface area contributed by atoms with Gasteiger partial charge >= 0.3 is 6.03 Å². The lowest BCUT2D eigenvalue weighted by Gasteiger charge is -2.31. The number of benzene rings is 2. The standard InChI is InChI=1S/C23H27N3O4/c27-22(25-23(28)24-19-8-9-20-21(14-19)30-16-29-20)15-26-12-10-18(11-13-26)7-6-17-4-2-1-3-5-17/h1-5,8-9,14,18H,6-7,10-13,15-16H2,(H2,24,25,27,28). The van der Waals surface area contributed by atoms with E-state index in [9.17, 15) is 9.59 Å². The molecule has 0 unspecified atom stereocenters. The number of nitrogens with one attached hydrogen (secondary N) is 2. The first-order valence-electron chi connectivity index (χ1n) is 10.4. The molecule has 2 aliphatic rings. The highest BCUT2D eigenvalue weighted by Gasteiger charge is 2.21. The van der Waals surface area contributed by atoms with Crippen molar-refractivity contribution in [2.24, 2.45) is 5.92 Å². The first-order valence-corrected chi connectivity index (χ1v) is 10.4. The van der Waals surface area contributed by atoms with Crippen molar-refractivity contribution < 1.29 is 19.1 Å². The number of anilines is 1. The van der Waals surface area contributed by atoms with Gasteiger partial charge in [-0.1, -0.05) is 30.3 Å². The van der Waals surface area contributed by atoms with Gasteiger partial charge in [0, 0.05) is 11.8 Å². The van der Waals surface area contributed by atoms with E-state index in [2.05, 4.69) is 39.8 Å². The summed E-state index contributed by atoms with van der Waals surface area (Å²) in [4.78, 5) is 26.4. The molecule has 158 valence electrons. The molecule has 2 N–H and O–H groups in total. The summed E-state index contributed by atoms with van der Waals surface area (Å²) in [6.45, 7) is 2.18. The molecule has 0 bridgehead atoms. The third-order valence-electron chi connectivity index (χ3n) is 5.64. The van der Waals surface area contributed by atoms with E-state index in [4.69, 9.17) is 9.47 Å². The number of fused-ring (bicyclic) bond motifs is 1. The topological polar surface area (TPSA) is 79.9 Å². The highest BCUT2D eigenvalue weighted by atomic mass is 16.7. The first kappa shape index (κ1) is 20.2. The number of carbonyl (C=O) groups excluding carboxylic acids is 2. The van der Waals surface area contributed by atoms with Crippen LogP contribution in [-0.2, 0) is 11.2 Å². The van der Waals surface area contributed by atoms with Crippen LogP contribution in [0.5, 0.6) is 11.5 Å². The molecule has 4 rings (SSSR count). The second-order valence-corrected chi connectivity index (χ2v) is 7.81. The number of ether oxygens (including phenoxy) is 2. The van der Waals surface area contributed by atoms with E-state index in [1.165, 1.54) is 12.0 Å². The number of nitrogens with zero attached hydrogens (tertiary/aromatic N) is 1. The van der Waals surface area contributed by atoms with E-state index in [-0.39, 0.29) is 19.2 Å². The zero-order valence-electron chi connectivity index (χ0n) is 16.9. The van der Waals surface area contributed by atoms with E-state index in [0.717, 1.165) is 32.4 Å². The Bertz CT molecular complexity index is 879. The minimum atomic E-state index is -0.545. The molecule has 1 saturated heterocycles. The molecule has 0 atom stereocenters. The van der Waals surface area contributed by atoms with Gasteiger partial charge in [-0.2, -0.15) is 0 Å². The lowest BCUT2D eigenvalue weighted by molar-refractivity contribution is -0.121. The summed E-state index contributed by atoms with van der Waals surface area (Å²) in [5, 5.41) is 5.05. The second kappa shape index (κ2) is 9.63. The molecule has 0 radical (unpaired) electrons. The fraction of sp³-hybridized carbons (Fsp3) is 0.391. The molecule has 7 nitrogen and oxygen atoms in total. The van der Waals surface area contributed by atoms with E-state index < -0.39 is 6.03 Å². The van der Waals surface area contributed by atoms with Crippen LogP contribution in [0.2, 0.25) is 0 Å². The van der Waals surface area contributed by atoms with Crippen molar-refractivity contribution in [1.29, 1.82) is 0 Å². The number of rotatable bonds is 6. The molecule has 3 amide bonds.